The monoisotopic (exact) mass is 234 g/mol. The van der Waals surface area contributed by atoms with Gasteiger partial charge in [0.2, 0.25) is 0 Å². The number of carbonyl (C=O) groups excluding carboxylic acids is 1. The molecule has 2 rings (SSSR count). The molecule has 4 heteroatoms. The molecule has 90 valence electrons. The number of halogens is 1. The van der Waals surface area contributed by atoms with Gasteiger partial charge in [-0.25, -0.2) is 4.39 Å². The Labute approximate surface area is 99.6 Å². The standard InChI is InChI=1S/C13H15FN2O/c14-9-4-6-10(7-5-9)16-12-2-1-3-13(17)11(12)8-15/h4,6,8,15-16H,1-3,5,7H2. The summed E-state index contributed by atoms with van der Waals surface area (Å²) >= 11 is 0. The first-order chi connectivity index (χ1) is 8.20. The fraction of sp³-hybridized carbons (Fsp3) is 0.385. The number of carbonyl (C=O) groups is 1. The largest absolute Gasteiger partial charge is 0.362 e. The van der Waals surface area contributed by atoms with Gasteiger partial charge in [-0.2, -0.15) is 0 Å². The molecule has 0 unspecified atom stereocenters. The van der Waals surface area contributed by atoms with Crippen LogP contribution in [0.25, 0.3) is 0 Å². The lowest BCUT2D eigenvalue weighted by molar-refractivity contribution is -0.115. The van der Waals surface area contributed by atoms with Crippen LogP contribution < -0.4 is 5.32 Å². The van der Waals surface area contributed by atoms with Gasteiger partial charge in [0.15, 0.2) is 5.78 Å². The summed E-state index contributed by atoms with van der Waals surface area (Å²) < 4.78 is 12.8. The van der Waals surface area contributed by atoms with E-state index in [4.69, 9.17) is 5.41 Å². The average Bonchev–Trinajstić information content (AvgIpc) is 2.32. The first-order valence-corrected chi connectivity index (χ1v) is 5.80. The minimum absolute atomic E-state index is 0.0203. The van der Waals surface area contributed by atoms with Crippen LogP contribution in [0.5, 0.6) is 0 Å². The summed E-state index contributed by atoms with van der Waals surface area (Å²) in [6, 6.07) is 0. The lowest BCUT2D eigenvalue weighted by Gasteiger charge is -2.21. The average molecular weight is 234 g/mol. The molecule has 0 heterocycles. The van der Waals surface area contributed by atoms with Crippen LogP contribution in [0.15, 0.2) is 34.9 Å². The van der Waals surface area contributed by atoms with E-state index in [0.29, 0.717) is 24.8 Å². The van der Waals surface area contributed by atoms with Crippen LogP contribution in [-0.2, 0) is 4.79 Å². The number of allylic oxidation sites excluding steroid dienone is 6. The van der Waals surface area contributed by atoms with Gasteiger partial charge in [0.05, 0.1) is 5.57 Å². The second-order valence-corrected chi connectivity index (χ2v) is 4.24. The van der Waals surface area contributed by atoms with Crippen molar-refractivity contribution in [1.29, 1.82) is 5.41 Å². The van der Waals surface area contributed by atoms with Crippen molar-refractivity contribution in [3.8, 4) is 0 Å². The van der Waals surface area contributed by atoms with Gasteiger partial charge in [0.1, 0.15) is 5.83 Å². The Morgan fingerprint density at radius 1 is 1.24 bits per heavy atom. The van der Waals surface area contributed by atoms with Crippen molar-refractivity contribution in [2.24, 2.45) is 0 Å². The topological polar surface area (TPSA) is 53.0 Å². The molecule has 0 aromatic rings. The van der Waals surface area contributed by atoms with Crippen molar-refractivity contribution in [1.82, 2.24) is 5.32 Å². The Kier molecular flexibility index (Phi) is 3.52. The van der Waals surface area contributed by atoms with Crippen molar-refractivity contribution in [2.75, 3.05) is 0 Å². The zero-order chi connectivity index (χ0) is 12.3. The summed E-state index contributed by atoms with van der Waals surface area (Å²) in [6.45, 7) is 0. The second-order valence-electron chi connectivity index (χ2n) is 4.24. The zero-order valence-corrected chi connectivity index (χ0v) is 9.55. The molecule has 0 aromatic carbocycles. The van der Waals surface area contributed by atoms with Gasteiger partial charge >= 0.3 is 0 Å². The number of hydrogen-bond donors (Lipinski definition) is 2. The van der Waals surface area contributed by atoms with Gasteiger partial charge in [-0.15, -0.1) is 0 Å². The van der Waals surface area contributed by atoms with Gasteiger partial charge in [-0.05, 0) is 31.4 Å². The predicted molar refractivity (Wildman–Crippen MR) is 64.3 cm³/mol. The van der Waals surface area contributed by atoms with Crippen molar-refractivity contribution < 1.29 is 9.18 Å². The van der Waals surface area contributed by atoms with Crippen LogP contribution in [0.1, 0.15) is 32.1 Å². The number of rotatable bonds is 3. The molecule has 0 aliphatic heterocycles. The summed E-state index contributed by atoms with van der Waals surface area (Å²) in [6.07, 6.45) is 7.39. The van der Waals surface area contributed by atoms with Crippen LogP contribution in [0, 0.1) is 5.41 Å². The van der Waals surface area contributed by atoms with Gasteiger partial charge in [0, 0.05) is 30.5 Å². The summed E-state index contributed by atoms with van der Waals surface area (Å²) in [5.74, 6) is -0.0941. The maximum atomic E-state index is 12.8. The summed E-state index contributed by atoms with van der Waals surface area (Å²) in [5, 5.41) is 10.4. The highest BCUT2D eigenvalue weighted by atomic mass is 19.1. The molecule has 0 spiro atoms. The quantitative estimate of drug-likeness (QED) is 0.738. The molecular weight excluding hydrogens is 219 g/mol. The molecule has 0 bridgehead atoms. The Hall–Kier alpha value is -1.71. The molecule has 0 fully saturated rings. The van der Waals surface area contributed by atoms with Crippen LogP contribution in [0.4, 0.5) is 4.39 Å². The third-order valence-electron chi connectivity index (χ3n) is 3.01. The molecule has 2 aliphatic carbocycles. The maximum absolute atomic E-state index is 12.8. The molecule has 0 amide bonds. The van der Waals surface area contributed by atoms with E-state index in [0.717, 1.165) is 30.5 Å². The third-order valence-corrected chi connectivity index (χ3v) is 3.01. The fourth-order valence-electron chi connectivity index (χ4n) is 2.07. The minimum Gasteiger partial charge on any atom is -0.362 e. The van der Waals surface area contributed by atoms with Crippen LogP contribution in [-0.4, -0.2) is 12.0 Å². The Bertz CT molecular complexity index is 446. The number of ketones is 1. The molecule has 0 radical (unpaired) electrons. The highest BCUT2D eigenvalue weighted by molar-refractivity contribution is 6.13. The van der Waals surface area contributed by atoms with Crippen molar-refractivity contribution in [2.45, 2.75) is 32.1 Å². The van der Waals surface area contributed by atoms with Crippen LogP contribution in [0.3, 0.4) is 0 Å². The van der Waals surface area contributed by atoms with E-state index < -0.39 is 0 Å². The number of hydrogen-bond acceptors (Lipinski definition) is 3. The van der Waals surface area contributed by atoms with Crippen LogP contribution in [0.2, 0.25) is 0 Å². The first-order valence-electron chi connectivity index (χ1n) is 5.80. The molecule has 0 atom stereocenters. The van der Waals surface area contributed by atoms with Gasteiger partial charge in [-0.1, -0.05) is 0 Å². The van der Waals surface area contributed by atoms with E-state index in [1.807, 2.05) is 0 Å². The zero-order valence-electron chi connectivity index (χ0n) is 9.55. The molecule has 17 heavy (non-hydrogen) atoms. The van der Waals surface area contributed by atoms with Crippen molar-refractivity contribution >= 4 is 12.0 Å². The molecule has 2 N–H and O–H groups in total. The maximum Gasteiger partial charge on any atom is 0.166 e. The molecular formula is C13H15FN2O. The van der Waals surface area contributed by atoms with E-state index >= 15 is 0 Å². The predicted octanol–water partition coefficient (Wildman–Crippen LogP) is 2.76. The van der Waals surface area contributed by atoms with Crippen molar-refractivity contribution in [3.05, 3.63) is 34.9 Å². The van der Waals surface area contributed by atoms with E-state index in [9.17, 15) is 9.18 Å². The van der Waals surface area contributed by atoms with E-state index in [-0.39, 0.29) is 11.6 Å². The Morgan fingerprint density at radius 3 is 2.71 bits per heavy atom. The normalized spacial score (nSPS) is 20.9. The van der Waals surface area contributed by atoms with E-state index in [2.05, 4.69) is 5.32 Å². The van der Waals surface area contributed by atoms with Gasteiger partial charge in [-0.3, -0.25) is 4.79 Å². The SMILES string of the molecule is N=CC1=C(NC2=CC=C(F)CC2)CCCC1=O. The molecule has 2 aliphatic rings. The Balaban J connectivity index is 2.17. The Morgan fingerprint density at radius 2 is 2.06 bits per heavy atom. The summed E-state index contributed by atoms with van der Waals surface area (Å²) in [4.78, 5) is 11.6. The molecule has 0 saturated heterocycles. The number of Topliss-reactive ketones (excluding diaryl/α,β-unsaturated/α-hetero) is 1. The summed E-state index contributed by atoms with van der Waals surface area (Å²) in [5.41, 5.74) is 2.18. The minimum atomic E-state index is -0.114. The van der Waals surface area contributed by atoms with Gasteiger partial charge < -0.3 is 10.7 Å². The van der Waals surface area contributed by atoms with Gasteiger partial charge in [0.25, 0.3) is 0 Å². The molecule has 3 nitrogen and oxygen atoms in total. The summed E-state index contributed by atoms with van der Waals surface area (Å²) in [7, 11) is 0. The van der Waals surface area contributed by atoms with E-state index in [1.165, 1.54) is 6.08 Å². The fourth-order valence-corrected chi connectivity index (χ4v) is 2.07. The van der Waals surface area contributed by atoms with E-state index in [1.54, 1.807) is 6.08 Å². The lowest BCUT2D eigenvalue weighted by Crippen LogP contribution is -2.23. The second kappa shape index (κ2) is 5.08. The first kappa shape index (κ1) is 11.8. The lowest BCUT2D eigenvalue weighted by atomic mass is 9.95. The highest BCUT2D eigenvalue weighted by Crippen LogP contribution is 2.23. The van der Waals surface area contributed by atoms with Crippen LogP contribution >= 0.6 is 0 Å². The smallest absolute Gasteiger partial charge is 0.166 e. The molecule has 0 saturated carbocycles. The third kappa shape index (κ3) is 2.70. The molecule has 0 aromatic heterocycles. The number of nitrogens with one attached hydrogen (secondary N) is 2. The van der Waals surface area contributed by atoms with Crippen molar-refractivity contribution in [3.63, 3.8) is 0 Å². The highest BCUT2D eigenvalue weighted by Gasteiger charge is 2.19.